The quantitative estimate of drug-likeness (QED) is 0.688. The number of pyridine rings is 1. The van der Waals surface area contributed by atoms with Crippen molar-refractivity contribution in [3.63, 3.8) is 0 Å². The summed E-state index contributed by atoms with van der Waals surface area (Å²) in [5.41, 5.74) is 0.586. The van der Waals surface area contributed by atoms with Crippen LogP contribution in [0.2, 0.25) is 5.15 Å². The lowest BCUT2D eigenvalue weighted by molar-refractivity contribution is 0.00763. The van der Waals surface area contributed by atoms with Crippen molar-refractivity contribution in [2.24, 2.45) is 5.92 Å². The molecule has 7 nitrogen and oxygen atoms in total. The van der Waals surface area contributed by atoms with E-state index in [2.05, 4.69) is 20.1 Å². The second-order valence-corrected chi connectivity index (χ2v) is 7.22. The summed E-state index contributed by atoms with van der Waals surface area (Å²) in [6, 6.07) is 3.11. The standard InChI is InChI=1S/C17H17ClF2N6O/c1-9-7-25(8-12(9)27)15-10-6-22-13(18)5-11(10)26(24-15)14-3-4-21-16(23-14)17(2,19)20/h3-6,9,12,27H,7-8H2,1-2H3. The molecule has 142 valence electrons. The number of anilines is 1. The molecule has 1 saturated heterocycles. The van der Waals surface area contributed by atoms with Gasteiger partial charge in [-0.05, 0) is 0 Å². The Labute approximate surface area is 158 Å². The third kappa shape index (κ3) is 3.21. The molecule has 1 aliphatic heterocycles. The Morgan fingerprint density at radius 3 is 2.74 bits per heavy atom. The van der Waals surface area contributed by atoms with Crippen LogP contribution in [0.3, 0.4) is 0 Å². The highest BCUT2D eigenvalue weighted by Crippen LogP contribution is 2.32. The molecule has 0 spiro atoms. The van der Waals surface area contributed by atoms with Crippen LogP contribution in [0.5, 0.6) is 0 Å². The summed E-state index contributed by atoms with van der Waals surface area (Å²) in [5, 5.41) is 15.6. The minimum absolute atomic E-state index is 0.0925. The number of fused-ring (bicyclic) bond motifs is 1. The minimum atomic E-state index is -3.17. The van der Waals surface area contributed by atoms with Crippen molar-refractivity contribution in [1.29, 1.82) is 0 Å². The molecule has 3 aromatic rings. The second-order valence-electron chi connectivity index (χ2n) is 6.84. The maximum atomic E-state index is 13.6. The van der Waals surface area contributed by atoms with Crippen molar-refractivity contribution >= 4 is 28.3 Å². The Hall–Kier alpha value is -2.39. The van der Waals surface area contributed by atoms with Gasteiger partial charge in [0.25, 0.3) is 0 Å². The number of β-amino-alcohol motifs (C(OH)–C–C–N with tert-alkyl or cyclic N) is 1. The number of nitrogens with zero attached hydrogens (tertiary/aromatic N) is 6. The van der Waals surface area contributed by atoms with Gasteiger partial charge in [0.05, 0.1) is 17.0 Å². The molecule has 0 bridgehead atoms. The van der Waals surface area contributed by atoms with E-state index in [4.69, 9.17) is 11.6 Å². The maximum Gasteiger partial charge on any atom is 0.303 e. The lowest BCUT2D eigenvalue weighted by Gasteiger charge is -2.14. The summed E-state index contributed by atoms with van der Waals surface area (Å²) in [7, 11) is 0. The smallest absolute Gasteiger partial charge is 0.303 e. The lowest BCUT2D eigenvalue weighted by atomic mass is 10.1. The molecule has 0 aromatic carbocycles. The van der Waals surface area contributed by atoms with Gasteiger partial charge in [-0.15, -0.1) is 5.10 Å². The molecule has 4 rings (SSSR count). The average Bonchev–Trinajstić information content (AvgIpc) is 3.14. The van der Waals surface area contributed by atoms with Crippen molar-refractivity contribution in [2.75, 3.05) is 18.0 Å². The summed E-state index contributed by atoms with van der Waals surface area (Å²) in [4.78, 5) is 13.7. The van der Waals surface area contributed by atoms with Crippen LogP contribution >= 0.6 is 11.6 Å². The molecular weight excluding hydrogens is 378 g/mol. The molecule has 10 heteroatoms. The summed E-state index contributed by atoms with van der Waals surface area (Å²) in [5.74, 6) is -2.87. The third-order valence-corrected chi connectivity index (χ3v) is 4.84. The van der Waals surface area contributed by atoms with Crippen LogP contribution in [-0.2, 0) is 5.92 Å². The predicted molar refractivity (Wildman–Crippen MR) is 96.4 cm³/mol. The second kappa shape index (κ2) is 6.35. The van der Waals surface area contributed by atoms with E-state index in [1.54, 1.807) is 12.3 Å². The summed E-state index contributed by atoms with van der Waals surface area (Å²) in [6.45, 7) is 3.75. The summed E-state index contributed by atoms with van der Waals surface area (Å²) >= 11 is 6.04. The number of alkyl halides is 2. The lowest BCUT2D eigenvalue weighted by Crippen LogP contribution is -2.22. The van der Waals surface area contributed by atoms with E-state index in [1.165, 1.54) is 16.9 Å². The minimum Gasteiger partial charge on any atom is -0.391 e. The van der Waals surface area contributed by atoms with Crippen molar-refractivity contribution in [3.05, 3.63) is 35.5 Å². The molecule has 27 heavy (non-hydrogen) atoms. The van der Waals surface area contributed by atoms with E-state index in [1.807, 2.05) is 11.8 Å². The Bertz CT molecular complexity index is 995. The molecule has 0 amide bonds. The first-order valence-corrected chi connectivity index (χ1v) is 8.81. The first kappa shape index (κ1) is 18.0. The SMILES string of the molecule is CC1CN(c2nn(-c3ccnc(C(C)(F)F)n3)c3cc(Cl)ncc23)CC1O. The number of halogens is 3. The van der Waals surface area contributed by atoms with Gasteiger partial charge in [0.1, 0.15) is 5.15 Å². The van der Waals surface area contributed by atoms with Crippen LogP contribution in [0.25, 0.3) is 16.7 Å². The highest BCUT2D eigenvalue weighted by molar-refractivity contribution is 6.30. The molecular formula is C17H17ClF2N6O. The van der Waals surface area contributed by atoms with Gasteiger partial charge in [0, 0.05) is 50.5 Å². The largest absolute Gasteiger partial charge is 0.391 e. The topological polar surface area (TPSA) is 80.0 Å². The van der Waals surface area contributed by atoms with E-state index >= 15 is 0 Å². The predicted octanol–water partition coefficient (Wildman–Crippen LogP) is 2.79. The van der Waals surface area contributed by atoms with Gasteiger partial charge >= 0.3 is 5.92 Å². The first-order valence-electron chi connectivity index (χ1n) is 8.43. The van der Waals surface area contributed by atoms with E-state index in [-0.39, 0.29) is 16.9 Å². The number of hydrogen-bond donors (Lipinski definition) is 1. The molecule has 0 saturated carbocycles. The molecule has 0 aliphatic carbocycles. The Morgan fingerprint density at radius 2 is 2.07 bits per heavy atom. The van der Waals surface area contributed by atoms with Gasteiger partial charge < -0.3 is 10.0 Å². The third-order valence-electron chi connectivity index (χ3n) is 4.64. The number of rotatable bonds is 3. The zero-order chi connectivity index (χ0) is 19.3. The fraction of sp³-hybridized carbons (Fsp3) is 0.412. The Morgan fingerprint density at radius 1 is 1.30 bits per heavy atom. The molecule has 0 radical (unpaired) electrons. The molecule has 1 N–H and O–H groups in total. The normalized spacial score (nSPS) is 20.6. The van der Waals surface area contributed by atoms with E-state index in [9.17, 15) is 13.9 Å². The van der Waals surface area contributed by atoms with Crippen LogP contribution in [0.15, 0.2) is 24.5 Å². The van der Waals surface area contributed by atoms with Gasteiger partial charge in [-0.25, -0.2) is 19.6 Å². The van der Waals surface area contributed by atoms with Crippen molar-refractivity contribution in [3.8, 4) is 5.82 Å². The van der Waals surface area contributed by atoms with Crippen LogP contribution < -0.4 is 4.90 Å². The van der Waals surface area contributed by atoms with Crippen LogP contribution in [0.1, 0.15) is 19.7 Å². The zero-order valence-electron chi connectivity index (χ0n) is 14.6. The number of aliphatic hydroxyl groups excluding tert-OH is 1. The average molecular weight is 395 g/mol. The molecule has 3 aromatic heterocycles. The van der Waals surface area contributed by atoms with Crippen LogP contribution in [0, 0.1) is 5.92 Å². The van der Waals surface area contributed by atoms with Crippen molar-refractivity contribution < 1.29 is 13.9 Å². The van der Waals surface area contributed by atoms with Crippen molar-refractivity contribution in [2.45, 2.75) is 25.9 Å². The van der Waals surface area contributed by atoms with E-state index < -0.39 is 17.9 Å². The van der Waals surface area contributed by atoms with E-state index in [0.29, 0.717) is 29.8 Å². The maximum absolute atomic E-state index is 13.6. The first-order chi connectivity index (χ1) is 12.7. The molecule has 2 atom stereocenters. The highest BCUT2D eigenvalue weighted by atomic mass is 35.5. The number of aliphatic hydroxyl groups is 1. The fourth-order valence-electron chi connectivity index (χ4n) is 3.18. The number of hydrogen-bond acceptors (Lipinski definition) is 6. The van der Waals surface area contributed by atoms with Crippen LogP contribution in [-0.4, -0.2) is 49.0 Å². The van der Waals surface area contributed by atoms with Gasteiger partial charge in [-0.3, -0.25) is 0 Å². The zero-order valence-corrected chi connectivity index (χ0v) is 15.4. The summed E-state index contributed by atoms with van der Waals surface area (Å²) < 4.78 is 28.7. The summed E-state index contributed by atoms with van der Waals surface area (Å²) in [6.07, 6.45) is 2.39. The fourth-order valence-corrected chi connectivity index (χ4v) is 3.33. The van der Waals surface area contributed by atoms with Gasteiger partial charge in [0.2, 0.25) is 5.82 Å². The Balaban J connectivity index is 1.88. The molecule has 1 aliphatic rings. The van der Waals surface area contributed by atoms with Gasteiger partial charge in [-0.1, -0.05) is 18.5 Å². The molecule has 2 unspecified atom stereocenters. The molecule has 4 heterocycles. The Kier molecular flexibility index (Phi) is 4.23. The van der Waals surface area contributed by atoms with E-state index in [0.717, 1.165) is 6.92 Å². The monoisotopic (exact) mass is 394 g/mol. The van der Waals surface area contributed by atoms with Gasteiger partial charge in [0.15, 0.2) is 11.6 Å². The van der Waals surface area contributed by atoms with Crippen LogP contribution in [0.4, 0.5) is 14.6 Å². The molecule has 1 fully saturated rings. The highest BCUT2D eigenvalue weighted by Gasteiger charge is 2.32. The number of aromatic nitrogens is 5. The van der Waals surface area contributed by atoms with Crippen molar-refractivity contribution in [1.82, 2.24) is 24.7 Å². The van der Waals surface area contributed by atoms with Gasteiger partial charge in [-0.2, -0.15) is 8.78 Å².